The van der Waals surface area contributed by atoms with Crippen LogP contribution in [0.1, 0.15) is 34.1 Å². The number of benzene rings is 2. The van der Waals surface area contributed by atoms with E-state index in [1.807, 2.05) is 0 Å². The van der Waals surface area contributed by atoms with Crippen LogP contribution in [0.3, 0.4) is 0 Å². The Balaban J connectivity index is 1.83. The van der Waals surface area contributed by atoms with Crippen molar-refractivity contribution in [2.75, 3.05) is 0 Å². The van der Waals surface area contributed by atoms with E-state index in [-0.39, 0.29) is 5.38 Å². The Labute approximate surface area is 120 Å². The van der Waals surface area contributed by atoms with Gasteiger partial charge in [-0.25, -0.2) is 0 Å². The van der Waals surface area contributed by atoms with Crippen LogP contribution in [0, 0.1) is 12.8 Å². The van der Waals surface area contributed by atoms with E-state index < -0.39 is 0 Å². The fourth-order valence-electron chi connectivity index (χ4n) is 3.10. The molecule has 19 heavy (non-hydrogen) atoms. The van der Waals surface area contributed by atoms with E-state index >= 15 is 0 Å². The molecular formula is C18H19Cl. The van der Waals surface area contributed by atoms with Gasteiger partial charge in [0.25, 0.3) is 0 Å². The van der Waals surface area contributed by atoms with Crippen molar-refractivity contribution in [2.24, 2.45) is 5.92 Å². The number of hydrogen-bond donors (Lipinski definition) is 0. The fourth-order valence-corrected chi connectivity index (χ4v) is 3.53. The minimum atomic E-state index is 0.157. The first-order valence-corrected chi connectivity index (χ1v) is 7.45. The molecule has 0 radical (unpaired) electrons. The summed E-state index contributed by atoms with van der Waals surface area (Å²) in [7, 11) is 0. The summed E-state index contributed by atoms with van der Waals surface area (Å²) in [4.78, 5) is 0. The van der Waals surface area contributed by atoms with Crippen molar-refractivity contribution in [3.05, 3.63) is 70.8 Å². The lowest BCUT2D eigenvalue weighted by Crippen LogP contribution is -2.19. The first kappa shape index (κ1) is 12.7. The second-order valence-corrected chi connectivity index (χ2v) is 6.00. The molecule has 0 fully saturated rings. The molecule has 0 aromatic heterocycles. The molecule has 98 valence electrons. The normalized spacial score (nSPS) is 22.0. The maximum absolute atomic E-state index is 6.72. The first-order chi connectivity index (χ1) is 9.25. The van der Waals surface area contributed by atoms with E-state index in [4.69, 9.17) is 11.6 Å². The van der Waals surface area contributed by atoms with Crippen LogP contribution in [-0.4, -0.2) is 0 Å². The lowest BCUT2D eigenvalue weighted by Gasteiger charge is -2.30. The summed E-state index contributed by atoms with van der Waals surface area (Å²) in [5, 5.41) is 0.157. The molecule has 0 aliphatic heterocycles. The van der Waals surface area contributed by atoms with Crippen molar-refractivity contribution in [3.8, 4) is 0 Å². The molecule has 0 N–H and O–H groups in total. The highest BCUT2D eigenvalue weighted by Crippen LogP contribution is 2.40. The zero-order chi connectivity index (χ0) is 13.2. The molecule has 3 rings (SSSR count). The molecular weight excluding hydrogens is 252 g/mol. The van der Waals surface area contributed by atoms with Crippen molar-refractivity contribution in [3.63, 3.8) is 0 Å². The number of alkyl halides is 1. The second kappa shape index (κ2) is 5.38. The SMILES string of the molecule is Cc1ccccc1CC1CCc2ccccc2C1Cl. The molecule has 1 heteroatoms. The van der Waals surface area contributed by atoms with Crippen molar-refractivity contribution in [1.29, 1.82) is 0 Å². The van der Waals surface area contributed by atoms with Gasteiger partial charge in [0.15, 0.2) is 0 Å². The molecule has 0 bridgehead atoms. The summed E-state index contributed by atoms with van der Waals surface area (Å²) < 4.78 is 0. The molecule has 0 spiro atoms. The van der Waals surface area contributed by atoms with Gasteiger partial charge in [0, 0.05) is 0 Å². The van der Waals surface area contributed by atoms with Gasteiger partial charge in [0.2, 0.25) is 0 Å². The summed E-state index contributed by atoms with van der Waals surface area (Å²) in [5.74, 6) is 0.553. The third-order valence-electron chi connectivity index (χ3n) is 4.29. The summed E-state index contributed by atoms with van der Waals surface area (Å²) in [5.41, 5.74) is 5.60. The van der Waals surface area contributed by atoms with Gasteiger partial charge in [-0.2, -0.15) is 0 Å². The number of fused-ring (bicyclic) bond motifs is 1. The Kier molecular flexibility index (Phi) is 3.61. The lowest BCUT2D eigenvalue weighted by atomic mass is 9.80. The van der Waals surface area contributed by atoms with Crippen molar-refractivity contribution in [1.82, 2.24) is 0 Å². The van der Waals surface area contributed by atoms with Gasteiger partial charge >= 0.3 is 0 Å². The minimum Gasteiger partial charge on any atom is -0.117 e. The highest BCUT2D eigenvalue weighted by molar-refractivity contribution is 6.21. The third-order valence-corrected chi connectivity index (χ3v) is 4.89. The van der Waals surface area contributed by atoms with Gasteiger partial charge < -0.3 is 0 Å². The minimum absolute atomic E-state index is 0.157. The van der Waals surface area contributed by atoms with Gasteiger partial charge in [-0.3, -0.25) is 0 Å². The molecule has 1 aliphatic carbocycles. The highest BCUT2D eigenvalue weighted by Gasteiger charge is 2.27. The molecule has 2 unspecified atom stereocenters. The Hall–Kier alpha value is -1.27. The molecule has 2 atom stereocenters. The Morgan fingerprint density at radius 3 is 2.63 bits per heavy atom. The standard InChI is InChI=1S/C18H19Cl/c1-13-6-2-3-8-15(13)12-16-11-10-14-7-4-5-9-17(14)18(16)19/h2-9,16,18H,10-12H2,1H3. The number of aryl methyl sites for hydroxylation is 2. The smallest absolute Gasteiger partial charge is 0.0619 e. The maximum Gasteiger partial charge on any atom is 0.0619 e. The Morgan fingerprint density at radius 1 is 1.05 bits per heavy atom. The predicted molar refractivity (Wildman–Crippen MR) is 81.7 cm³/mol. The monoisotopic (exact) mass is 270 g/mol. The van der Waals surface area contributed by atoms with Crippen LogP contribution in [0.25, 0.3) is 0 Å². The van der Waals surface area contributed by atoms with E-state index in [1.54, 1.807) is 0 Å². The van der Waals surface area contributed by atoms with Gasteiger partial charge in [-0.15, -0.1) is 11.6 Å². The van der Waals surface area contributed by atoms with Crippen LogP contribution >= 0.6 is 11.6 Å². The zero-order valence-corrected chi connectivity index (χ0v) is 12.0. The van der Waals surface area contributed by atoms with Crippen LogP contribution in [0.4, 0.5) is 0 Å². The van der Waals surface area contributed by atoms with Gasteiger partial charge in [0.1, 0.15) is 0 Å². The number of rotatable bonds is 2. The van der Waals surface area contributed by atoms with Crippen LogP contribution < -0.4 is 0 Å². The van der Waals surface area contributed by atoms with Crippen LogP contribution in [-0.2, 0) is 12.8 Å². The lowest BCUT2D eigenvalue weighted by molar-refractivity contribution is 0.441. The van der Waals surface area contributed by atoms with E-state index in [0.29, 0.717) is 5.92 Å². The third kappa shape index (κ3) is 2.55. The van der Waals surface area contributed by atoms with Gasteiger partial charge in [-0.1, -0.05) is 48.5 Å². The predicted octanol–water partition coefficient (Wildman–Crippen LogP) is 5.08. The fraction of sp³-hybridized carbons (Fsp3) is 0.333. The second-order valence-electron chi connectivity index (χ2n) is 5.53. The van der Waals surface area contributed by atoms with Crippen molar-refractivity contribution in [2.45, 2.75) is 31.6 Å². The molecule has 2 aromatic rings. The van der Waals surface area contributed by atoms with Crippen LogP contribution in [0.15, 0.2) is 48.5 Å². The molecule has 0 amide bonds. The first-order valence-electron chi connectivity index (χ1n) is 7.02. The van der Waals surface area contributed by atoms with Crippen LogP contribution in [0.2, 0.25) is 0 Å². The van der Waals surface area contributed by atoms with Crippen LogP contribution in [0.5, 0.6) is 0 Å². The van der Waals surface area contributed by atoms with Crippen molar-refractivity contribution < 1.29 is 0 Å². The Morgan fingerprint density at radius 2 is 1.79 bits per heavy atom. The number of hydrogen-bond acceptors (Lipinski definition) is 0. The average Bonchev–Trinajstić information content (AvgIpc) is 2.44. The molecule has 0 saturated heterocycles. The highest BCUT2D eigenvalue weighted by atomic mass is 35.5. The topological polar surface area (TPSA) is 0 Å². The van der Waals surface area contributed by atoms with E-state index in [0.717, 1.165) is 12.8 Å². The van der Waals surface area contributed by atoms with Gasteiger partial charge in [-0.05, 0) is 54.4 Å². The van der Waals surface area contributed by atoms with E-state index in [9.17, 15) is 0 Å². The molecule has 2 aromatic carbocycles. The van der Waals surface area contributed by atoms with Gasteiger partial charge in [0.05, 0.1) is 5.38 Å². The summed E-state index contributed by atoms with van der Waals surface area (Å²) in [6.07, 6.45) is 3.45. The summed E-state index contributed by atoms with van der Waals surface area (Å²) >= 11 is 6.72. The zero-order valence-electron chi connectivity index (χ0n) is 11.3. The largest absolute Gasteiger partial charge is 0.117 e. The quantitative estimate of drug-likeness (QED) is 0.668. The Bertz CT molecular complexity index is 573. The summed E-state index contributed by atoms with van der Waals surface area (Å²) in [6, 6.07) is 17.3. The average molecular weight is 271 g/mol. The number of halogens is 1. The van der Waals surface area contributed by atoms with E-state index in [1.165, 1.54) is 28.7 Å². The molecule has 1 aliphatic rings. The molecule has 0 saturated carbocycles. The molecule has 0 nitrogen and oxygen atoms in total. The van der Waals surface area contributed by atoms with Crippen molar-refractivity contribution >= 4 is 11.6 Å². The van der Waals surface area contributed by atoms with E-state index in [2.05, 4.69) is 55.5 Å². The molecule has 0 heterocycles. The summed E-state index contributed by atoms with van der Waals surface area (Å²) in [6.45, 7) is 2.19. The maximum atomic E-state index is 6.72.